The molecule has 1 aromatic heterocycles. The molecule has 0 N–H and O–H groups in total. The van der Waals surface area contributed by atoms with Gasteiger partial charge in [-0.3, -0.25) is 14.6 Å². The maximum absolute atomic E-state index is 12.7. The number of hydrogen-bond donors (Lipinski definition) is 0. The van der Waals surface area contributed by atoms with Gasteiger partial charge in [-0.05, 0) is 36.4 Å². The quantitative estimate of drug-likeness (QED) is 0.714. The number of nitrogens with zero attached hydrogens (tertiary/aromatic N) is 4. The van der Waals surface area contributed by atoms with Gasteiger partial charge < -0.3 is 9.80 Å². The number of carbonyl (C=O) groups excluding carboxylic acids is 1. The molecule has 1 amide bonds. The third-order valence-corrected chi connectivity index (χ3v) is 6.28. The number of hydroxylamine groups is 1. The number of piperazine rings is 1. The zero-order valence-electron chi connectivity index (χ0n) is 15.3. The number of anilines is 1. The van der Waals surface area contributed by atoms with Crippen LogP contribution >= 0.6 is 0 Å². The first-order chi connectivity index (χ1) is 12.9. The predicted octanol–water partition coefficient (Wildman–Crippen LogP) is 1.23. The lowest BCUT2D eigenvalue weighted by molar-refractivity contribution is -0.0258. The minimum atomic E-state index is -3.72. The molecule has 27 heavy (non-hydrogen) atoms. The van der Waals surface area contributed by atoms with Crippen molar-refractivity contribution >= 4 is 21.6 Å². The van der Waals surface area contributed by atoms with Crippen molar-refractivity contribution in [1.82, 2.24) is 14.4 Å². The number of benzene rings is 1. The lowest BCUT2D eigenvalue weighted by Crippen LogP contribution is -2.48. The van der Waals surface area contributed by atoms with E-state index in [-0.39, 0.29) is 10.8 Å². The van der Waals surface area contributed by atoms with E-state index in [1.54, 1.807) is 17.3 Å². The second-order valence-electron chi connectivity index (χ2n) is 6.11. The van der Waals surface area contributed by atoms with E-state index in [1.807, 2.05) is 12.1 Å². The molecule has 0 bridgehead atoms. The van der Waals surface area contributed by atoms with Gasteiger partial charge in [0, 0.05) is 56.9 Å². The van der Waals surface area contributed by atoms with Crippen molar-refractivity contribution in [2.75, 3.05) is 45.2 Å². The fraction of sp³-hybridized carbons (Fsp3) is 0.333. The van der Waals surface area contributed by atoms with Gasteiger partial charge in [0.15, 0.2) is 0 Å². The number of aromatic nitrogens is 1. The molecule has 1 aliphatic rings. The summed E-state index contributed by atoms with van der Waals surface area (Å²) in [6.45, 7) is 2.68. The average molecular weight is 390 g/mol. The Kier molecular flexibility index (Phi) is 5.73. The summed E-state index contributed by atoms with van der Waals surface area (Å²) in [4.78, 5) is 25.5. The van der Waals surface area contributed by atoms with Crippen molar-refractivity contribution < 1.29 is 18.0 Å². The van der Waals surface area contributed by atoms with Crippen molar-refractivity contribution in [3.05, 3.63) is 54.4 Å². The molecule has 0 unspecified atom stereocenters. The highest BCUT2D eigenvalue weighted by Gasteiger charge is 2.24. The first-order valence-electron chi connectivity index (χ1n) is 8.51. The van der Waals surface area contributed by atoms with Gasteiger partial charge in [-0.1, -0.05) is 4.47 Å². The topological polar surface area (TPSA) is 83.0 Å². The average Bonchev–Trinajstić information content (AvgIpc) is 2.73. The molecule has 1 fully saturated rings. The maximum Gasteiger partial charge on any atom is 0.264 e. The lowest BCUT2D eigenvalue weighted by atomic mass is 10.2. The Bertz CT molecular complexity index is 879. The zero-order chi connectivity index (χ0) is 19.4. The first kappa shape index (κ1) is 19.3. The Morgan fingerprint density at radius 2 is 1.63 bits per heavy atom. The zero-order valence-corrected chi connectivity index (χ0v) is 16.1. The monoisotopic (exact) mass is 390 g/mol. The van der Waals surface area contributed by atoms with Crippen molar-refractivity contribution in [3.63, 3.8) is 0 Å². The highest BCUT2D eigenvalue weighted by Crippen LogP contribution is 2.18. The summed E-state index contributed by atoms with van der Waals surface area (Å²) in [5, 5.41) is 0. The summed E-state index contributed by atoms with van der Waals surface area (Å²) in [7, 11) is -1.12. The smallest absolute Gasteiger partial charge is 0.264 e. The Morgan fingerprint density at radius 3 is 2.19 bits per heavy atom. The molecule has 8 nitrogen and oxygen atoms in total. The summed E-state index contributed by atoms with van der Waals surface area (Å²) < 4.78 is 25.2. The molecule has 3 rings (SSSR count). The van der Waals surface area contributed by atoms with Crippen molar-refractivity contribution in [2.45, 2.75) is 4.90 Å². The van der Waals surface area contributed by atoms with E-state index >= 15 is 0 Å². The molecule has 2 heterocycles. The standard InChI is InChI=1S/C18H22N4O4S/c1-20(26-2)27(24,25)17-5-3-15(4-6-17)18(23)22-13-11-21(12-14-22)16-7-9-19-10-8-16/h3-10H,11-14H2,1-2H3. The SMILES string of the molecule is CON(C)S(=O)(=O)c1ccc(C(=O)N2CCN(c3ccncc3)CC2)cc1. The van der Waals surface area contributed by atoms with E-state index in [9.17, 15) is 13.2 Å². The second-order valence-corrected chi connectivity index (χ2v) is 8.04. The van der Waals surface area contributed by atoms with Gasteiger partial charge >= 0.3 is 0 Å². The molecule has 1 aliphatic heterocycles. The fourth-order valence-corrected chi connectivity index (χ4v) is 3.89. The van der Waals surface area contributed by atoms with Gasteiger partial charge in [-0.2, -0.15) is 0 Å². The van der Waals surface area contributed by atoms with Crippen molar-refractivity contribution in [2.24, 2.45) is 0 Å². The summed E-state index contributed by atoms with van der Waals surface area (Å²) >= 11 is 0. The van der Waals surface area contributed by atoms with Gasteiger partial charge in [0.2, 0.25) is 0 Å². The van der Waals surface area contributed by atoms with Gasteiger partial charge in [0.05, 0.1) is 12.0 Å². The number of amides is 1. The minimum Gasteiger partial charge on any atom is -0.368 e. The van der Waals surface area contributed by atoms with Crippen LogP contribution in [0, 0.1) is 0 Å². The molecule has 9 heteroatoms. The fourth-order valence-electron chi connectivity index (χ4n) is 2.92. The van der Waals surface area contributed by atoms with Gasteiger partial charge in [-0.15, -0.1) is 0 Å². The Hall–Kier alpha value is -2.49. The first-order valence-corrected chi connectivity index (χ1v) is 9.95. The van der Waals surface area contributed by atoms with Gasteiger partial charge in [0.25, 0.3) is 15.9 Å². The third kappa shape index (κ3) is 4.10. The van der Waals surface area contributed by atoms with Crippen LogP contribution in [0.25, 0.3) is 0 Å². The van der Waals surface area contributed by atoms with E-state index < -0.39 is 10.0 Å². The van der Waals surface area contributed by atoms with Crippen LogP contribution in [0.3, 0.4) is 0 Å². The van der Waals surface area contributed by atoms with Crippen molar-refractivity contribution in [1.29, 1.82) is 0 Å². The summed E-state index contributed by atoms with van der Waals surface area (Å²) in [6.07, 6.45) is 3.51. The predicted molar refractivity (Wildman–Crippen MR) is 101 cm³/mol. The van der Waals surface area contributed by atoms with Crippen molar-refractivity contribution in [3.8, 4) is 0 Å². The molecule has 0 spiro atoms. The molecule has 1 aromatic carbocycles. The highest BCUT2D eigenvalue weighted by molar-refractivity contribution is 7.89. The Morgan fingerprint density at radius 1 is 1.04 bits per heavy atom. The highest BCUT2D eigenvalue weighted by atomic mass is 32.2. The minimum absolute atomic E-state index is 0.0749. The van der Waals surface area contributed by atoms with Crippen LogP contribution in [-0.2, 0) is 14.9 Å². The van der Waals surface area contributed by atoms with Crippen LogP contribution in [0.1, 0.15) is 10.4 Å². The van der Waals surface area contributed by atoms with Crippen LogP contribution in [-0.4, -0.2) is 69.0 Å². The number of sulfonamides is 1. The summed E-state index contributed by atoms with van der Waals surface area (Å²) in [5.41, 5.74) is 1.56. The summed E-state index contributed by atoms with van der Waals surface area (Å²) in [5.74, 6) is -0.103. The van der Waals surface area contributed by atoms with Crippen LogP contribution in [0.2, 0.25) is 0 Å². The molecular formula is C18H22N4O4S. The third-order valence-electron chi connectivity index (χ3n) is 4.59. The molecular weight excluding hydrogens is 368 g/mol. The number of hydrogen-bond acceptors (Lipinski definition) is 6. The molecule has 144 valence electrons. The van der Waals surface area contributed by atoms with E-state index in [1.165, 1.54) is 38.4 Å². The van der Waals surface area contributed by atoms with E-state index in [0.29, 0.717) is 18.7 Å². The van der Waals surface area contributed by atoms with E-state index in [2.05, 4.69) is 9.88 Å². The Labute approximate surface area is 159 Å². The maximum atomic E-state index is 12.7. The second kappa shape index (κ2) is 8.03. The summed E-state index contributed by atoms with van der Waals surface area (Å²) in [6, 6.07) is 9.82. The normalized spacial score (nSPS) is 15.2. The van der Waals surface area contributed by atoms with E-state index in [0.717, 1.165) is 23.2 Å². The Balaban J connectivity index is 1.65. The molecule has 1 saturated heterocycles. The largest absolute Gasteiger partial charge is 0.368 e. The number of carbonyl (C=O) groups is 1. The molecule has 0 aliphatic carbocycles. The number of pyridine rings is 1. The van der Waals surface area contributed by atoms with Gasteiger partial charge in [0.1, 0.15) is 0 Å². The number of rotatable bonds is 5. The molecule has 0 saturated carbocycles. The molecule has 0 radical (unpaired) electrons. The lowest BCUT2D eigenvalue weighted by Gasteiger charge is -2.36. The van der Waals surface area contributed by atoms with Gasteiger partial charge in [-0.25, -0.2) is 8.42 Å². The van der Waals surface area contributed by atoms with Crippen LogP contribution in [0.4, 0.5) is 5.69 Å². The van der Waals surface area contributed by atoms with E-state index in [4.69, 9.17) is 4.84 Å². The molecule has 2 aromatic rings. The van der Waals surface area contributed by atoms with Crippen LogP contribution in [0.5, 0.6) is 0 Å². The molecule has 0 atom stereocenters. The van der Waals surface area contributed by atoms with Crippen LogP contribution in [0.15, 0.2) is 53.7 Å². The van der Waals surface area contributed by atoms with Crippen LogP contribution < -0.4 is 4.90 Å².